The number of benzene rings is 2. The number of aromatic amines is 1. The van der Waals surface area contributed by atoms with Crippen LogP contribution in [0.2, 0.25) is 0 Å². The second-order valence-corrected chi connectivity index (χ2v) is 9.32. The number of ether oxygens (including phenoxy) is 1. The quantitative estimate of drug-likeness (QED) is 0.295. The number of carbonyl (C=O) groups excluding carboxylic acids is 1. The summed E-state index contributed by atoms with van der Waals surface area (Å²) < 4.78 is 5.48. The van der Waals surface area contributed by atoms with Gasteiger partial charge in [0.05, 0.1) is 18.8 Å². The Balaban J connectivity index is 1.26. The lowest BCUT2D eigenvalue weighted by Gasteiger charge is -2.27. The molecule has 1 fully saturated rings. The van der Waals surface area contributed by atoms with Crippen LogP contribution < -0.4 is 10.4 Å². The molecule has 36 heavy (non-hydrogen) atoms. The summed E-state index contributed by atoms with van der Waals surface area (Å²) in [6, 6.07) is 15.4. The molecule has 2 aromatic carbocycles. The normalized spacial score (nSPS) is 16.2. The molecule has 2 aromatic heterocycles. The number of hydrogen-bond donors (Lipinski definition) is 3. The molecule has 4 heterocycles. The Morgan fingerprint density at radius 3 is 2.67 bits per heavy atom. The fourth-order valence-corrected chi connectivity index (χ4v) is 5.10. The highest BCUT2D eigenvalue weighted by molar-refractivity contribution is 5.93. The monoisotopic (exact) mass is 484 g/mol. The first-order valence-corrected chi connectivity index (χ1v) is 12.2. The Morgan fingerprint density at radius 2 is 1.86 bits per heavy atom. The second kappa shape index (κ2) is 9.69. The zero-order chi connectivity index (χ0) is 24.5. The molecule has 0 spiro atoms. The lowest BCUT2D eigenvalue weighted by Crippen LogP contribution is -2.35. The number of hydroxylamine groups is 1. The molecule has 1 saturated heterocycles. The standard InChI is InChI=1S/C27H28N6O3/c34-26(31-35)21-14-28-27(29-15-21)33-7-6-25-23(17-33)22-13-20(4-5-24(22)30-25)19-3-1-2-18(12-19)16-32-8-10-36-11-9-32/h1-5,12-15,30,35H,6-11,16-17H2,(H,31,34). The Kier molecular flexibility index (Phi) is 6.10. The van der Waals surface area contributed by atoms with Crippen molar-refractivity contribution in [3.8, 4) is 11.1 Å². The first-order chi connectivity index (χ1) is 17.7. The molecule has 9 nitrogen and oxygen atoms in total. The number of hydrogen-bond acceptors (Lipinski definition) is 7. The molecule has 4 aromatic rings. The highest BCUT2D eigenvalue weighted by Gasteiger charge is 2.23. The molecule has 6 rings (SSSR count). The Morgan fingerprint density at radius 1 is 1.06 bits per heavy atom. The zero-order valence-corrected chi connectivity index (χ0v) is 19.9. The van der Waals surface area contributed by atoms with Gasteiger partial charge in [-0.05, 0) is 34.9 Å². The number of nitrogens with zero attached hydrogens (tertiary/aromatic N) is 4. The van der Waals surface area contributed by atoms with Crippen LogP contribution in [0.1, 0.15) is 27.2 Å². The van der Waals surface area contributed by atoms with Crippen LogP contribution in [-0.4, -0.2) is 63.8 Å². The van der Waals surface area contributed by atoms with Gasteiger partial charge in [-0.3, -0.25) is 14.9 Å². The van der Waals surface area contributed by atoms with E-state index in [1.165, 1.54) is 45.7 Å². The van der Waals surface area contributed by atoms with E-state index in [2.05, 4.69) is 67.2 Å². The second-order valence-electron chi connectivity index (χ2n) is 9.32. The van der Waals surface area contributed by atoms with Crippen LogP contribution in [0.15, 0.2) is 54.9 Å². The van der Waals surface area contributed by atoms with E-state index < -0.39 is 5.91 Å². The van der Waals surface area contributed by atoms with Gasteiger partial charge >= 0.3 is 0 Å². The summed E-state index contributed by atoms with van der Waals surface area (Å²) in [5.41, 5.74) is 9.17. The number of H-pyrrole nitrogens is 1. The molecule has 2 aliphatic rings. The number of fused-ring (bicyclic) bond motifs is 3. The Labute approximate surface area is 208 Å². The maximum atomic E-state index is 11.6. The van der Waals surface area contributed by atoms with Gasteiger partial charge in [0.2, 0.25) is 5.95 Å². The van der Waals surface area contributed by atoms with Crippen molar-refractivity contribution in [2.45, 2.75) is 19.5 Å². The van der Waals surface area contributed by atoms with Gasteiger partial charge in [0, 0.05) is 73.7 Å². The first kappa shape index (κ1) is 22.7. The minimum atomic E-state index is -0.624. The number of aromatic nitrogens is 3. The van der Waals surface area contributed by atoms with Crippen molar-refractivity contribution < 1.29 is 14.7 Å². The average Bonchev–Trinajstić information content (AvgIpc) is 3.30. The van der Waals surface area contributed by atoms with Crippen LogP contribution in [0.3, 0.4) is 0 Å². The van der Waals surface area contributed by atoms with Crippen molar-refractivity contribution in [1.82, 2.24) is 25.3 Å². The van der Waals surface area contributed by atoms with Crippen molar-refractivity contribution in [2.24, 2.45) is 0 Å². The lowest BCUT2D eigenvalue weighted by atomic mass is 9.98. The molecule has 0 saturated carbocycles. The average molecular weight is 485 g/mol. The molecule has 0 bridgehead atoms. The minimum absolute atomic E-state index is 0.214. The van der Waals surface area contributed by atoms with E-state index in [1.54, 1.807) is 5.48 Å². The predicted octanol–water partition coefficient (Wildman–Crippen LogP) is 3.14. The summed E-state index contributed by atoms with van der Waals surface area (Å²) in [5.74, 6) is -0.0582. The maximum absolute atomic E-state index is 11.6. The van der Waals surface area contributed by atoms with E-state index >= 15 is 0 Å². The third kappa shape index (κ3) is 4.44. The van der Waals surface area contributed by atoms with Gasteiger partial charge in [0.25, 0.3) is 5.91 Å². The summed E-state index contributed by atoms with van der Waals surface area (Å²) in [4.78, 5) is 28.4. The number of amides is 1. The van der Waals surface area contributed by atoms with E-state index in [4.69, 9.17) is 9.94 Å². The number of nitrogens with one attached hydrogen (secondary N) is 2. The summed E-state index contributed by atoms with van der Waals surface area (Å²) in [6.45, 7) is 5.96. The van der Waals surface area contributed by atoms with Gasteiger partial charge in [0.1, 0.15) is 0 Å². The van der Waals surface area contributed by atoms with E-state index in [1.807, 2.05) is 0 Å². The van der Waals surface area contributed by atoms with Gasteiger partial charge in [0.15, 0.2) is 0 Å². The highest BCUT2D eigenvalue weighted by Crippen LogP contribution is 2.32. The fraction of sp³-hybridized carbons (Fsp3) is 0.296. The SMILES string of the molecule is O=C(NO)c1cnc(N2CCc3[nH]c4ccc(-c5cccc(CN6CCOCC6)c5)cc4c3C2)nc1. The van der Waals surface area contributed by atoms with Crippen LogP contribution in [0.25, 0.3) is 22.0 Å². The molecular weight excluding hydrogens is 456 g/mol. The topological polar surface area (TPSA) is 107 Å². The largest absolute Gasteiger partial charge is 0.379 e. The highest BCUT2D eigenvalue weighted by atomic mass is 16.5. The molecule has 0 atom stereocenters. The van der Waals surface area contributed by atoms with Crippen LogP contribution in [-0.2, 0) is 24.2 Å². The third-order valence-corrected chi connectivity index (χ3v) is 7.03. The molecule has 3 N–H and O–H groups in total. The smallest absolute Gasteiger partial charge is 0.277 e. The number of anilines is 1. The third-order valence-electron chi connectivity index (χ3n) is 7.03. The Hall–Kier alpha value is -3.79. The van der Waals surface area contributed by atoms with E-state index in [0.29, 0.717) is 12.5 Å². The van der Waals surface area contributed by atoms with Crippen molar-refractivity contribution in [2.75, 3.05) is 37.7 Å². The number of carbonyl (C=O) groups is 1. The van der Waals surface area contributed by atoms with E-state index in [-0.39, 0.29) is 5.56 Å². The molecular formula is C27H28N6O3. The van der Waals surface area contributed by atoms with E-state index in [0.717, 1.165) is 51.3 Å². The minimum Gasteiger partial charge on any atom is -0.379 e. The Bertz CT molecular complexity index is 1390. The molecule has 9 heteroatoms. The van der Waals surface area contributed by atoms with Gasteiger partial charge in [-0.2, -0.15) is 0 Å². The lowest BCUT2D eigenvalue weighted by molar-refractivity contribution is 0.0342. The molecule has 184 valence electrons. The van der Waals surface area contributed by atoms with Crippen LogP contribution in [0.5, 0.6) is 0 Å². The van der Waals surface area contributed by atoms with Crippen molar-refractivity contribution >= 4 is 22.8 Å². The predicted molar refractivity (Wildman–Crippen MR) is 136 cm³/mol. The number of morpholine rings is 1. The molecule has 0 aliphatic carbocycles. The van der Waals surface area contributed by atoms with Crippen LogP contribution >= 0.6 is 0 Å². The fourth-order valence-electron chi connectivity index (χ4n) is 5.10. The molecule has 0 radical (unpaired) electrons. The molecule has 2 aliphatic heterocycles. The van der Waals surface area contributed by atoms with Crippen molar-refractivity contribution in [1.29, 1.82) is 0 Å². The summed E-state index contributed by atoms with van der Waals surface area (Å²) >= 11 is 0. The van der Waals surface area contributed by atoms with E-state index in [9.17, 15) is 4.79 Å². The first-order valence-electron chi connectivity index (χ1n) is 12.2. The summed E-state index contributed by atoms with van der Waals surface area (Å²) in [6.07, 6.45) is 3.72. The van der Waals surface area contributed by atoms with Crippen molar-refractivity contribution in [3.05, 3.63) is 77.2 Å². The molecule has 1 amide bonds. The summed E-state index contributed by atoms with van der Waals surface area (Å²) in [5, 5.41) is 10.0. The van der Waals surface area contributed by atoms with Gasteiger partial charge < -0.3 is 14.6 Å². The van der Waals surface area contributed by atoms with Gasteiger partial charge in [-0.1, -0.05) is 24.3 Å². The van der Waals surface area contributed by atoms with Crippen LogP contribution in [0, 0.1) is 0 Å². The summed E-state index contributed by atoms with van der Waals surface area (Å²) in [7, 11) is 0. The maximum Gasteiger partial charge on any atom is 0.277 e. The van der Waals surface area contributed by atoms with Crippen molar-refractivity contribution in [3.63, 3.8) is 0 Å². The number of rotatable bonds is 5. The zero-order valence-electron chi connectivity index (χ0n) is 19.9. The molecule has 0 unspecified atom stereocenters. The van der Waals surface area contributed by atoms with Crippen LogP contribution in [0.4, 0.5) is 5.95 Å². The van der Waals surface area contributed by atoms with Gasteiger partial charge in [-0.15, -0.1) is 0 Å². The van der Waals surface area contributed by atoms with Gasteiger partial charge in [-0.25, -0.2) is 15.4 Å².